The minimum atomic E-state index is -0.309. The molecule has 0 unspecified atom stereocenters. The number of aromatic nitrogens is 5. The topological polar surface area (TPSA) is 98.2 Å². The van der Waals surface area contributed by atoms with Crippen molar-refractivity contribution >= 4 is 21.4 Å². The lowest BCUT2D eigenvalue weighted by Crippen LogP contribution is -2.15. The van der Waals surface area contributed by atoms with Gasteiger partial charge in [0.15, 0.2) is 0 Å². The Morgan fingerprint density at radius 1 is 1.25 bits per heavy atom. The van der Waals surface area contributed by atoms with Crippen molar-refractivity contribution in [1.29, 1.82) is 0 Å². The minimum absolute atomic E-state index is 0.176. The molecule has 4 rings (SSSR count). The Bertz CT molecular complexity index is 1150. The van der Waals surface area contributed by atoms with Gasteiger partial charge in [-0.2, -0.15) is 9.50 Å². The van der Waals surface area contributed by atoms with Crippen LogP contribution < -0.4 is 10.9 Å². The molecule has 0 radical (unpaired) electrons. The molecular formula is C18H17FN6O2S. The lowest BCUT2D eigenvalue weighted by molar-refractivity contribution is 0.377. The molecule has 0 bridgehead atoms. The van der Waals surface area contributed by atoms with E-state index in [9.17, 15) is 9.18 Å². The van der Waals surface area contributed by atoms with Crippen LogP contribution in [0.2, 0.25) is 0 Å². The summed E-state index contributed by atoms with van der Waals surface area (Å²) in [6.07, 6.45) is 2.03. The monoisotopic (exact) mass is 400 g/mol. The fraction of sp³-hybridized carbons (Fsp3) is 0.278. The highest BCUT2D eigenvalue weighted by molar-refractivity contribution is 7.20. The highest BCUT2D eigenvalue weighted by Gasteiger charge is 2.10. The van der Waals surface area contributed by atoms with E-state index >= 15 is 0 Å². The summed E-state index contributed by atoms with van der Waals surface area (Å²) in [6.45, 7) is 2.58. The van der Waals surface area contributed by atoms with Crippen molar-refractivity contribution < 1.29 is 8.91 Å². The second-order valence-electron chi connectivity index (χ2n) is 6.09. The summed E-state index contributed by atoms with van der Waals surface area (Å²) in [5.41, 5.74) is 1.28. The molecule has 0 amide bonds. The molecule has 0 aliphatic carbocycles. The molecule has 8 nitrogen and oxygen atoms in total. The van der Waals surface area contributed by atoms with Crippen LogP contribution in [0, 0.1) is 5.82 Å². The van der Waals surface area contributed by atoms with Gasteiger partial charge < -0.3 is 9.84 Å². The number of anilines is 1. The van der Waals surface area contributed by atoms with Gasteiger partial charge in [-0.1, -0.05) is 23.4 Å². The van der Waals surface area contributed by atoms with Crippen LogP contribution in [0.1, 0.15) is 24.9 Å². The Morgan fingerprint density at radius 3 is 2.86 bits per heavy atom. The highest BCUT2D eigenvalue weighted by atomic mass is 32.1. The first-order chi connectivity index (χ1) is 13.6. The van der Waals surface area contributed by atoms with Crippen LogP contribution in [0.25, 0.3) is 16.3 Å². The molecule has 4 aromatic rings. The number of aryl methyl sites for hydroxylation is 2. The van der Waals surface area contributed by atoms with Gasteiger partial charge in [-0.05, 0) is 37.1 Å². The average molecular weight is 400 g/mol. The zero-order valence-electron chi connectivity index (χ0n) is 15.1. The van der Waals surface area contributed by atoms with Gasteiger partial charge in [0.1, 0.15) is 5.82 Å². The van der Waals surface area contributed by atoms with Gasteiger partial charge in [0, 0.05) is 30.3 Å². The summed E-state index contributed by atoms with van der Waals surface area (Å²) >= 11 is 1.34. The summed E-state index contributed by atoms with van der Waals surface area (Å²) in [6, 6.07) is 7.44. The minimum Gasteiger partial charge on any atom is -0.360 e. The summed E-state index contributed by atoms with van der Waals surface area (Å²) in [4.78, 5) is 21.3. The van der Waals surface area contributed by atoms with Crippen LogP contribution in [-0.4, -0.2) is 31.3 Å². The van der Waals surface area contributed by atoms with Crippen molar-refractivity contribution in [3.8, 4) is 11.4 Å². The number of rotatable bonds is 7. The van der Waals surface area contributed by atoms with E-state index in [1.165, 1.54) is 34.1 Å². The first kappa shape index (κ1) is 18.2. The van der Waals surface area contributed by atoms with Gasteiger partial charge in [0.25, 0.3) is 5.56 Å². The van der Waals surface area contributed by atoms with Crippen LogP contribution >= 0.6 is 11.3 Å². The van der Waals surface area contributed by atoms with E-state index in [1.54, 1.807) is 12.1 Å². The number of benzene rings is 1. The lowest BCUT2D eigenvalue weighted by atomic mass is 10.2. The quantitative estimate of drug-likeness (QED) is 0.476. The maximum Gasteiger partial charge on any atom is 0.275 e. The third kappa shape index (κ3) is 3.91. The molecule has 144 valence electrons. The Hall–Kier alpha value is -3.14. The summed E-state index contributed by atoms with van der Waals surface area (Å²) < 4.78 is 19.5. The third-order valence-corrected chi connectivity index (χ3v) is 4.94. The zero-order chi connectivity index (χ0) is 19.5. The van der Waals surface area contributed by atoms with Crippen LogP contribution in [0.3, 0.4) is 0 Å². The van der Waals surface area contributed by atoms with Crippen LogP contribution in [0.5, 0.6) is 0 Å². The number of hydrogen-bond acceptors (Lipinski definition) is 8. The van der Waals surface area contributed by atoms with E-state index in [0.29, 0.717) is 46.8 Å². The van der Waals surface area contributed by atoms with E-state index in [4.69, 9.17) is 4.52 Å². The summed E-state index contributed by atoms with van der Waals surface area (Å²) in [5.74, 6) is 0.638. The second kappa shape index (κ2) is 7.85. The molecule has 0 saturated carbocycles. The number of nitrogens with zero attached hydrogens (tertiary/aromatic N) is 5. The van der Waals surface area contributed by atoms with Crippen LogP contribution in [-0.2, 0) is 12.8 Å². The molecule has 1 N–H and O–H groups in total. The van der Waals surface area contributed by atoms with Gasteiger partial charge in [-0.25, -0.2) is 9.37 Å². The summed E-state index contributed by atoms with van der Waals surface area (Å²) in [5, 5.41) is 12.0. The predicted molar refractivity (Wildman–Crippen MR) is 103 cm³/mol. The number of nitrogens with one attached hydrogen (secondary N) is 1. The van der Waals surface area contributed by atoms with Gasteiger partial charge in [-0.3, -0.25) is 4.79 Å². The molecule has 3 aromatic heterocycles. The Balaban J connectivity index is 1.34. The third-order valence-electron chi connectivity index (χ3n) is 4.07. The number of halogens is 1. The Morgan fingerprint density at radius 2 is 2.07 bits per heavy atom. The first-order valence-electron chi connectivity index (χ1n) is 8.84. The van der Waals surface area contributed by atoms with Crippen molar-refractivity contribution in [3.05, 3.63) is 58.1 Å². The standard InChI is InChI=1S/C18H17FN6O2S/c1-2-13-10-15(26)25-18(21-13)28-17(23-25)20-9-3-4-14-22-16(24-27-14)11-5-7-12(19)8-6-11/h5-8,10H,2-4,9H2,1H3,(H,20,23). The predicted octanol–water partition coefficient (Wildman–Crippen LogP) is 2.95. The van der Waals surface area contributed by atoms with E-state index in [-0.39, 0.29) is 11.4 Å². The van der Waals surface area contributed by atoms with Crippen molar-refractivity contribution in [2.45, 2.75) is 26.2 Å². The number of fused-ring (bicyclic) bond motifs is 1. The van der Waals surface area contributed by atoms with Crippen molar-refractivity contribution in [2.24, 2.45) is 0 Å². The summed E-state index contributed by atoms with van der Waals surface area (Å²) in [7, 11) is 0. The fourth-order valence-corrected chi connectivity index (χ4v) is 3.47. The highest BCUT2D eigenvalue weighted by Crippen LogP contribution is 2.18. The molecule has 28 heavy (non-hydrogen) atoms. The fourth-order valence-electron chi connectivity index (χ4n) is 2.62. The first-order valence-corrected chi connectivity index (χ1v) is 9.66. The van der Waals surface area contributed by atoms with E-state index < -0.39 is 0 Å². The second-order valence-corrected chi connectivity index (χ2v) is 7.05. The molecule has 0 saturated heterocycles. The van der Waals surface area contributed by atoms with Crippen molar-refractivity contribution in [3.63, 3.8) is 0 Å². The van der Waals surface area contributed by atoms with Gasteiger partial charge >= 0.3 is 0 Å². The van der Waals surface area contributed by atoms with E-state index in [2.05, 4.69) is 25.5 Å². The van der Waals surface area contributed by atoms with Crippen molar-refractivity contribution in [1.82, 2.24) is 24.7 Å². The SMILES string of the molecule is CCc1cc(=O)n2nc(NCCCc3nc(-c4ccc(F)cc4)no3)sc2n1. The maximum absolute atomic E-state index is 13.0. The van der Waals surface area contributed by atoms with Crippen molar-refractivity contribution in [2.75, 3.05) is 11.9 Å². The smallest absolute Gasteiger partial charge is 0.275 e. The molecule has 0 atom stereocenters. The van der Waals surface area contributed by atoms with Gasteiger partial charge in [0.2, 0.25) is 21.8 Å². The Labute approximate surface area is 163 Å². The Kier molecular flexibility index (Phi) is 5.11. The van der Waals surface area contributed by atoms with Gasteiger partial charge in [0.05, 0.1) is 0 Å². The zero-order valence-corrected chi connectivity index (χ0v) is 15.9. The lowest BCUT2D eigenvalue weighted by Gasteiger charge is -1.98. The van der Waals surface area contributed by atoms with E-state index in [1.807, 2.05) is 6.92 Å². The molecule has 3 heterocycles. The molecular weight excluding hydrogens is 383 g/mol. The average Bonchev–Trinajstić information content (AvgIpc) is 3.33. The normalized spacial score (nSPS) is 11.2. The number of hydrogen-bond donors (Lipinski definition) is 1. The largest absolute Gasteiger partial charge is 0.360 e. The molecule has 0 aliphatic rings. The van der Waals surface area contributed by atoms with Gasteiger partial charge in [-0.15, -0.1) is 5.10 Å². The molecule has 0 fully saturated rings. The van der Waals surface area contributed by atoms with Crippen LogP contribution in [0.15, 0.2) is 39.6 Å². The maximum atomic E-state index is 13.0. The molecule has 1 aromatic carbocycles. The van der Waals surface area contributed by atoms with E-state index in [0.717, 1.165) is 12.1 Å². The van der Waals surface area contributed by atoms with Crippen LogP contribution in [0.4, 0.5) is 9.52 Å². The molecule has 0 spiro atoms. The molecule has 0 aliphatic heterocycles. The molecule has 10 heteroatoms.